The molecule has 13 heteroatoms. The number of allylic oxidation sites excluding steroid dienone is 1. The van der Waals surface area contributed by atoms with E-state index in [0.717, 1.165) is 23.9 Å². The molecule has 1 aromatic heterocycles. The highest BCUT2D eigenvalue weighted by atomic mass is 32.2. The zero-order valence-corrected chi connectivity index (χ0v) is 27.8. The number of nitrogens with two attached hydrogens (primary N) is 1. The highest BCUT2D eigenvalue weighted by molar-refractivity contribution is 7.99. The van der Waals surface area contributed by atoms with Crippen LogP contribution in [0.15, 0.2) is 111 Å². The average molecular weight is 683 g/mol. The van der Waals surface area contributed by atoms with Crippen molar-refractivity contribution in [2.75, 3.05) is 32.6 Å². The summed E-state index contributed by atoms with van der Waals surface area (Å²) in [5.41, 5.74) is 7.54. The molecule has 4 rings (SSSR count). The third-order valence-electron chi connectivity index (χ3n) is 7.76. The quantitative estimate of drug-likeness (QED) is 0.0764. The maximum atomic E-state index is 13.6. The van der Waals surface area contributed by atoms with E-state index < -0.39 is 29.3 Å². The van der Waals surface area contributed by atoms with Crippen molar-refractivity contribution >= 4 is 23.7 Å². The molecular formula is C35H38F4N6O2S. The fraction of sp³-hybridized carbons (Fsp3) is 0.286. The van der Waals surface area contributed by atoms with Crippen molar-refractivity contribution in [1.29, 1.82) is 0 Å². The maximum Gasteiger partial charge on any atom is 0.416 e. The van der Waals surface area contributed by atoms with Crippen molar-refractivity contribution in [2.45, 2.75) is 48.4 Å². The summed E-state index contributed by atoms with van der Waals surface area (Å²) in [6.07, 6.45) is -0.794. The molecule has 3 aromatic carbocycles. The van der Waals surface area contributed by atoms with Gasteiger partial charge in [0.2, 0.25) is 0 Å². The van der Waals surface area contributed by atoms with Gasteiger partial charge in [-0.05, 0) is 92.4 Å². The number of hydrogen-bond acceptors (Lipinski definition) is 8. The molecule has 0 aliphatic heterocycles. The number of rotatable bonds is 13. The topological polar surface area (TPSA) is 100.0 Å². The second-order valence-corrected chi connectivity index (χ2v) is 12.5. The van der Waals surface area contributed by atoms with Gasteiger partial charge < -0.3 is 25.2 Å². The summed E-state index contributed by atoms with van der Waals surface area (Å²) in [6.45, 7) is 2.44. The second-order valence-electron chi connectivity index (χ2n) is 11.4. The predicted octanol–water partition coefficient (Wildman–Crippen LogP) is 6.08. The lowest BCUT2D eigenvalue weighted by Gasteiger charge is -2.35. The van der Waals surface area contributed by atoms with Crippen LogP contribution < -0.4 is 16.2 Å². The Kier molecular flexibility index (Phi) is 12.2. The normalized spacial score (nSPS) is 13.7. The number of nitrogens with zero attached hydrogens (tertiary/aromatic N) is 5. The first-order valence-electron chi connectivity index (χ1n) is 15.0. The Hall–Kier alpha value is -4.46. The number of anilines is 1. The molecule has 0 saturated heterocycles. The van der Waals surface area contributed by atoms with Crippen LogP contribution in [0.2, 0.25) is 0 Å². The van der Waals surface area contributed by atoms with E-state index in [1.165, 1.54) is 30.5 Å². The van der Waals surface area contributed by atoms with Crippen molar-refractivity contribution < 1.29 is 22.7 Å². The average Bonchev–Trinajstić information content (AvgIpc) is 3.05. The summed E-state index contributed by atoms with van der Waals surface area (Å²) in [4.78, 5) is 25.9. The maximum absolute atomic E-state index is 13.6. The Labute approximate surface area is 281 Å². The van der Waals surface area contributed by atoms with E-state index in [4.69, 9.17) is 5.73 Å². The Morgan fingerprint density at radius 1 is 1.04 bits per heavy atom. The Morgan fingerprint density at radius 2 is 1.65 bits per heavy atom. The van der Waals surface area contributed by atoms with Crippen molar-refractivity contribution in [3.05, 3.63) is 118 Å². The molecule has 0 radical (unpaired) electrons. The molecule has 3 N–H and O–H groups in total. The summed E-state index contributed by atoms with van der Waals surface area (Å²) in [5.74, 6) is -0.399. The minimum Gasteiger partial charge on any atom is -0.404 e. The summed E-state index contributed by atoms with van der Waals surface area (Å²) in [7, 11) is 5.46. The lowest BCUT2D eigenvalue weighted by molar-refractivity contribution is -0.137. The lowest BCUT2D eigenvalue weighted by Crippen LogP contribution is -2.46. The molecule has 2 atom stereocenters. The van der Waals surface area contributed by atoms with E-state index in [9.17, 15) is 27.5 Å². The van der Waals surface area contributed by atoms with Gasteiger partial charge in [-0.15, -0.1) is 0 Å². The number of aliphatic imine (C=N–C) groups is 1. The first kappa shape index (κ1) is 36.4. The molecule has 2 unspecified atom stereocenters. The minimum atomic E-state index is -4.42. The molecule has 0 bridgehead atoms. The third-order valence-corrected chi connectivity index (χ3v) is 8.78. The van der Waals surface area contributed by atoms with Gasteiger partial charge in [0.05, 0.1) is 12.1 Å². The number of benzene rings is 3. The minimum absolute atomic E-state index is 0.00809. The number of aromatic nitrogens is 2. The van der Waals surface area contributed by atoms with Crippen LogP contribution in [-0.4, -0.2) is 65.7 Å². The lowest BCUT2D eigenvalue weighted by atomic mass is 10.0. The van der Waals surface area contributed by atoms with Crippen molar-refractivity contribution in [1.82, 2.24) is 14.5 Å². The molecule has 8 nitrogen and oxygen atoms in total. The number of aliphatic hydroxyl groups excluding tert-OH is 1. The Balaban J connectivity index is 1.70. The van der Waals surface area contributed by atoms with Crippen LogP contribution in [0.3, 0.4) is 0 Å². The largest absolute Gasteiger partial charge is 0.416 e. The molecule has 1 heterocycles. The number of hydrogen-bond donors (Lipinski definition) is 2. The van der Waals surface area contributed by atoms with E-state index >= 15 is 0 Å². The number of likely N-dealkylation sites (N-methyl/N-ethyl adjacent to an activating group) is 1. The summed E-state index contributed by atoms with van der Waals surface area (Å²) in [5, 5.41) is 12.1. The zero-order chi connectivity index (χ0) is 35.0. The molecule has 0 aliphatic rings. The molecule has 4 aromatic rings. The van der Waals surface area contributed by atoms with Gasteiger partial charge in [0.1, 0.15) is 12.0 Å². The van der Waals surface area contributed by atoms with E-state index in [2.05, 4.69) is 9.98 Å². The van der Waals surface area contributed by atoms with Crippen molar-refractivity contribution in [3.8, 4) is 11.1 Å². The van der Waals surface area contributed by atoms with Gasteiger partial charge in [-0.2, -0.15) is 18.2 Å². The van der Waals surface area contributed by atoms with Crippen LogP contribution in [0.5, 0.6) is 0 Å². The Morgan fingerprint density at radius 3 is 2.19 bits per heavy atom. The number of aliphatic hydroxyl groups is 1. The smallest absolute Gasteiger partial charge is 0.404 e. The van der Waals surface area contributed by atoms with E-state index in [1.807, 2.05) is 43.0 Å². The fourth-order valence-corrected chi connectivity index (χ4v) is 5.67. The highest BCUT2D eigenvalue weighted by Gasteiger charge is 2.30. The van der Waals surface area contributed by atoms with Crippen molar-refractivity contribution in [2.24, 2.45) is 10.7 Å². The van der Waals surface area contributed by atoms with Gasteiger partial charge in [-0.3, -0.25) is 9.79 Å². The molecule has 0 amide bonds. The molecule has 0 spiro atoms. The molecule has 0 fully saturated rings. The SMILES string of the molecule is CN=CC(=CN)Cc1cn(CC(O)N(CC(C)N(C)C)c2ccc(-c3ccc(C(F)(F)F)cc3)cc2)c(Sc2ccc(F)cc2)nc1=O. The summed E-state index contributed by atoms with van der Waals surface area (Å²) in [6, 6.07) is 18.0. The van der Waals surface area contributed by atoms with Crippen LogP contribution >= 0.6 is 11.8 Å². The van der Waals surface area contributed by atoms with E-state index in [1.54, 1.807) is 48.3 Å². The number of halogens is 4. The van der Waals surface area contributed by atoms with Crippen LogP contribution in [-0.2, 0) is 19.1 Å². The molecular weight excluding hydrogens is 644 g/mol. The van der Waals surface area contributed by atoms with Crippen molar-refractivity contribution in [3.63, 3.8) is 0 Å². The zero-order valence-electron chi connectivity index (χ0n) is 27.0. The Bertz CT molecular complexity index is 1770. The van der Waals surface area contributed by atoms with E-state index in [-0.39, 0.29) is 19.0 Å². The van der Waals surface area contributed by atoms with Crippen LogP contribution in [0.1, 0.15) is 18.1 Å². The van der Waals surface area contributed by atoms with Crippen LogP contribution in [0, 0.1) is 5.82 Å². The monoisotopic (exact) mass is 682 g/mol. The standard InChI is InChI=1S/C35H38F4N6O2S/c1-23(43(3)4)20-45(30-13-7-26(8-14-30)25-5-9-28(10-6-25)35(37,38)39)32(46)22-44-21-27(17-24(18-40)19-41-2)33(47)42-34(44)48-31-15-11-29(36)12-16-31/h5-16,18-19,21,23,32,46H,17,20,22,40H2,1-4H3. The van der Waals surface area contributed by atoms with Gasteiger partial charge in [0.15, 0.2) is 5.16 Å². The third kappa shape index (κ3) is 9.55. The van der Waals surface area contributed by atoms with Crippen LogP contribution in [0.4, 0.5) is 23.2 Å². The summed E-state index contributed by atoms with van der Waals surface area (Å²) >= 11 is 1.16. The van der Waals surface area contributed by atoms with Gasteiger partial charge in [0, 0.05) is 54.6 Å². The number of alkyl halides is 3. The first-order valence-corrected chi connectivity index (χ1v) is 15.9. The first-order chi connectivity index (χ1) is 22.8. The van der Waals surface area contributed by atoms with Crippen LogP contribution in [0.25, 0.3) is 11.1 Å². The molecule has 48 heavy (non-hydrogen) atoms. The molecule has 254 valence electrons. The van der Waals surface area contributed by atoms with E-state index in [0.29, 0.717) is 44.5 Å². The predicted molar refractivity (Wildman–Crippen MR) is 183 cm³/mol. The fourth-order valence-electron chi connectivity index (χ4n) is 4.81. The van der Waals surface area contributed by atoms with Gasteiger partial charge in [0.25, 0.3) is 5.56 Å². The van der Waals surface area contributed by atoms with Gasteiger partial charge in [-0.1, -0.05) is 36.0 Å². The van der Waals surface area contributed by atoms with Gasteiger partial charge >= 0.3 is 6.18 Å². The highest BCUT2D eigenvalue weighted by Crippen LogP contribution is 2.32. The second kappa shape index (κ2) is 16.1. The van der Waals surface area contributed by atoms with Gasteiger partial charge in [-0.25, -0.2) is 4.39 Å². The molecule has 0 saturated carbocycles. The summed E-state index contributed by atoms with van der Waals surface area (Å²) < 4.78 is 54.5. The molecule has 0 aliphatic carbocycles.